The Labute approximate surface area is 135 Å². The number of halogens is 1. The number of ether oxygens (including phenoxy) is 1. The van der Waals surface area contributed by atoms with Crippen molar-refractivity contribution < 1.29 is 9.53 Å². The lowest BCUT2D eigenvalue weighted by Gasteiger charge is -2.28. The fourth-order valence-electron chi connectivity index (χ4n) is 3.19. The molecule has 1 amide bonds. The predicted molar refractivity (Wildman–Crippen MR) is 87.8 cm³/mol. The molecule has 0 radical (unpaired) electrons. The predicted octanol–water partition coefficient (Wildman–Crippen LogP) is 2.37. The lowest BCUT2D eigenvalue weighted by molar-refractivity contribution is -0.122. The number of hydrogen-bond acceptors (Lipinski definition) is 3. The van der Waals surface area contributed by atoms with Crippen molar-refractivity contribution in [3.05, 3.63) is 0 Å². The molecule has 4 nitrogen and oxygen atoms in total. The quantitative estimate of drug-likeness (QED) is 0.722. The molecule has 0 aromatic heterocycles. The van der Waals surface area contributed by atoms with E-state index in [1.807, 2.05) is 0 Å². The fourth-order valence-corrected chi connectivity index (χ4v) is 3.19. The molecule has 21 heavy (non-hydrogen) atoms. The van der Waals surface area contributed by atoms with Crippen LogP contribution in [0.2, 0.25) is 0 Å². The molecule has 124 valence electrons. The number of methoxy groups -OCH3 is 1. The molecule has 2 aliphatic rings. The molecular formula is C16H31ClN2O2. The number of carbonyl (C=O) groups is 1. The zero-order chi connectivity index (χ0) is 14.4. The van der Waals surface area contributed by atoms with Crippen molar-refractivity contribution in [1.29, 1.82) is 0 Å². The van der Waals surface area contributed by atoms with Crippen molar-refractivity contribution in [2.45, 2.75) is 45.4 Å². The second-order valence-corrected chi connectivity index (χ2v) is 6.81. The molecule has 2 rings (SSSR count). The Morgan fingerprint density at radius 2 is 2.24 bits per heavy atom. The first-order valence-corrected chi connectivity index (χ1v) is 8.11. The smallest absolute Gasteiger partial charge is 0.220 e. The van der Waals surface area contributed by atoms with Crippen molar-refractivity contribution >= 4 is 18.3 Å². The largest absolute Gasteiger partial charge is 0.385 e. The van der Waals surface area contributed by atoms with Gasteiger partial charge >= 0.3 is 0 Å². The third kappa shape index (κ3) is 6.13. The fraction of sp³-hybridized carbons (Fsp3) is 0.938. The van der Waals surface area contributed by atoms with Gasteiger partial charge in [-0.15, -0.1) is 12.4 Å². The Morgan fingerprint density at radius 1 is 1.48 bits per heavy atom. The zero-order valence-electron chi connectivity index (χ0n) is 13.5. The summed E-state index contributed by atoms with van der Waals surface area (Å²) < 4.78 is 5.15. The van der Waals surface area contributed by atoms with Gasteiger partial charge in [0.1, 0.15) is 0 Å². The van der Waals surface area contributed by atoms with Gasteiger partial charge in [0.15, 0.2) is 0 Å². The summed E-state index contributed by atoms with van der Waals surface area (Å²) in [7, 11) is 1.74. The number of hydrogen-bond donors (Lipinski definition) is 2. The standard InChI is InChI=1S/C16H30N2O2.ClH/c1-13(14-4-3-8-17-11-14)10-15(19)18-12-16(5-6-16)7-9-20-2;/h13-14,17H,3-12H2,1-2H3,(H,18,19);1H. The molecule has 1 saturated carbocycles. The molecule has 2 unspecified atom stereocenters. The summed E-state index contributed by atoms with van der Waals surface area (Å²) in [6.07, 6.45) is 6.73. The van der Waals surface area contributed by atoms with Crippen molar-refractivity contribution in [2.24, 2.45) is 17.3 Å². The van der Waals surface area contributed by atoms with Gasteiger partial charge in [0.05, 0.1) is 0 Å². The van der Waals surface area contributed by atoms with E-state index in [4.69, 9.17) is 4.74 Å². The molecular weight excluding hydrogens is 288 g/mol. The lowest BCUT2D eigenvalue weighted by Crippen LogP contribution is -2.37. The van der Waals surface area contributed by atoms with Gasteiger partial charge in [-0.25, -0.2) is 0 Å². The van der Waals surface area contributed by atoms with Crippen LogP contribution in [0.1, 0.15) is 45.4 Å². The van der Waals surface area contributed by atoms with Gasteiger partial charge in [0.25, 0.3) is 0 Å². The van der Waals surface area contributed by atoms with Crippen LogP contribution in [-0.4, -0.2) is 39.3 Å². The molecule has 1 saturated heterocycles. The summed E-state index contributed by atoms with van der Waals surface area (Å²) in [5.41, 5.74) is 0.349. The second-order valence-electron chi connectivity index (χ2n) is 6.81. The summed E-state index contributed by atoms with van der Waals surface area (Å²) in [4.78, 5) is 12.1. The van der Waals surface area contributed by atoms with Gasteiger partial charge in [-0.2, -0.15) is 0 Å². The Bertz CT molecular complexity index is 315. The van der Waals surface area contributed by atoms with E-state index in [1.54, 1.807) is 7.11 Å². The van der Waals surface area contributed by atoms with E-state index in [0.29, 0.717) is 23.7 Å². The van der Waals surface area contributed by atoms with Crippen LogP contribution in [0.4, 0.5) is 0 Å². The van der Waals surface area contributed by atoms with Crippen LogP contribution in [0.5, 0.6) is 0 Å². The number of nitrogens with one attached hydrogen (secondary N) is 2. The number of carbonyl (C=O) groups excluding carboxylic acids is 1. The number of rotatable bonds is 8. The maximum Gasteiger partial charge on any atom is 0.220 e. The Morgan fingerprint density at radius 3 is 2.81 bits per heavy atom. The third-order valence-electron chi connectivity index (χ3n) is 5.10. The van der Waals surface area contributed by atoms with E-state index in [0.717, 1.165) is 32.7 Å². The molecule has 2 atom stereocenters. The SMILES string of the molecule is COCCC1(CNC(=O)CC(C)C2CCCNC2)CC1.Cl. The molecule has 1 heterocycles. The normalized spacial score (nSPS) is 24.8. The maximum atomic E-state index is 12.1. The van der Waals surface area contributed by atoms with Gasteiger partial charge in [-0.05, 0) is 62.4 Å². The lowest BCUT2D eigenvalue weighted by atomic mass is 9.85. The van der Waals surface area contributed by atoms with Crippen LogP contribution in [0.25, 0.3) is 0 Å². The topological polar surface area (TPSA) is 50.4 Å². The summed E-state index contributed by atoms with van der Waals surface area (Å²) in [6.45, 7) is 6.07. The summed E-state index contributed by atoms with van der Waals surface area (Å²) in [5, 5.41) is 6.58. The van der Waals surface area contributed by atoms with Crippen LogP contribution in [-0.2, 0) is 9.53 Å². The molecule has 0 aromatic carbocycles. The molecule has 2 N–H and O–H groups in total. The minimum Gasteiger partial charge on any atom is -0.385 e. The van der Waals surface area contributed by atoms with Crippen molar-refractivity contribution in [1.82, 2.24) is 10.6 Å². The Kier molecular flexibility index (Phi) is 7.99. The van der Waals surface area contributed by atoms with E-state index in [9.17, 15) is 4.79 Å². The van der Waals surface area contributed by atoms with E-state index in [1.165, 1.54) is 25.7 Å². The van der Waals surface area contributed by atoms with Gasteiger partial charge in [0.2, 0.25) is 5.91 Å². The minimum absolute atomic E-state index is 0. The summed E-state index contributed by atoms with van der Waals surface area (Å²) >= 11 is 0. The second kappa shape index (κ2) is 8.96. The van der Waals surface area contributed by atoms with Gasteiger partial charge in [0, 0.05) is 26.7 Å². The average molecular weight is 319 g/mol. The highest BCUT2D eigenvalue weighted by Crippen LogP contribution is 2.48. The van der Waals surface area contributed by atoms with Gasteiger partial charge in [-0.1, -0.05) is 6.92 Å². The zero-order valence-corrected chi connectivity index (χ0v) is 14.3. The first-order valence-electron chi connectivity index (χ1n) is 8.11. The van der Waals surface area contributed by atoms with Crippen molar-refractivity contribution in [3.63, 3.8) is 0 Å². The highest BCUT2D eigenvalue weighted by Gasteiger charge is 2.42. The van der Waals surface area contributed by atoms with Crippen LogP contribution in [0, 0.1) is 17.3 Å². The van der Waals surface area contributed by atoms with Gasteiger partial charge in [-0.3, -0.25) is 4.79 Å². The van der Waals surface area contributed by atoms with Crippen LogP contribution >= 0.6 is 12.4 Å². The molecule has 5 heteroatoms. The van der Waals surface area contributed by atoms with Crippen LogP contribution in [0.15, 0.2) is 0 Å². The molecule has 0 spiro atoms. The third-order valence-corrected chi connectivity index (χ3v) is 5.10. The first kappa shape index (κ1) is 18.7. The highest BCUT2D eigenvalue weighted by atomic mass is 35.5. The summed E-state index contributed by atoms with van der Waals surface area (Å²) in [6, 6.07) is 0. The van der Waals surface area contributed by atoms with Crippen LogP contribution < -0.4 is 10.6 Å². The van der Waals surface area contributed by atoms with E-state index < -0.39 is 0 Å². The van der Waals surface area contributed by atoms with Crippen molar-refractivity contribution in [2.75, 3.05) is 33.4 Å². The highest BCUT2D eigenvalue weighted by molar-refractivity contribution is 5.85. The monoisotopic (exact) mass is 318 g/mol. The van der Waals surface area contributed by atoms with Gasteiger partial charge < -0.3 is 15.4 Å². The van der Waals surface area contributed by atoms with Crippen LogP contribution in [0.3, 0.4) is 0 Å². The first-order chi connectivity index (χ1) is 9.65. The Balaban J connectivity index is 0.00000220. The molecule has 0 bridgehead atoms. The number of amides is 1. The molecule has 2 fully saturated rings. The van der Waals surface area contributed by atoms with E-state index in [-0.39, 0.29) is 18.3 Å². The molecule has 1 aliphatic carbocycles. The van der Waals surface area contributed by atoms with E-state index in [2.05, 4.69) is 17.6 Å². The minimum atomic E-state index is 0. The Hall–Kier alpha value is -0.320. The molecule has 0 aromatic rings. The number of piperidine rings is 1. The average Bonchev–Trinajstić information content (AvgIpc) is 3.24. The van der Waals surface area contributed by atoms with E-state index >= 15 is 0 Å². The summed E-state index contributed by atoms with van der Waals surface area (Å²) in [5.74, 6) is 1.38. The van der Waals surface area contributed by atoms with Crippen molar-refractivity contribution in [3.8, 4) is 0 Å². The maximum absolute atomic E-state index is 12.1. The molecule has 1 aliphatic heterocycles.